The van der Waals surface area contributed by atoms with Gasteiger partial charge in [0.15, 0.2) is 5.69 Å². The molecule has 158 valence electrons. The zero-order chi connectivity index (χ0) is 21.8. The van der Waals surface area contributed by atoms with Gasteiger partial charge in [-0.2, -0.15) is 0 Å². The Morgan fingerprint density at radius 2 is 2.00 bits per heavy atom. The predicted molar refractivity (Wildman–Crippen MR) is 124 cm³/mol. The lowest BCUT2D eigenvalue weighted by Crippen LogP contribution is -2.31. The predicted octanol–water partition coefficient (Wildman–Crippen LogP) is 7.14. The number of azo groups is 1. The fraction of sp³-hybridized carbons (Fsp3) is 0.292. The van der Waals surface area contributed by atoms with Gasteiger partial charge >= 0.3 is 0 Å². The Balaban J connectivity index is 1.55. The molecular weight excluding hydrogens is 408 g/mol. The Kier molecular flexibility index (Phi) is 4.59. The van der Waals surface area contributed by atoms with Gasteiger partial charge < -0.3 is 14.4 Å². The topological polar surface area (TPSA) is 72.0 Å². The lowest BCUT2D eigenvalue weighted by Gasteiger charge is -2.36. The molecule has 1 aliphatic heterocycles. The number of hydrogen-bond donors (Lipinski definition) is 1. The standard InChI is InChI=1S/C24H24N4O2S/c1-14-12-24(2,3)28-21-17(14)9-6-10-18(21)20(22(28)29)26-27-23-25-19(13-31-23)15-7-5-8-16(11-15)30-4/h5-11,13-14,29H,12H2,1-4H3. The zero-order valence-corrected chi connectivity index (χ0v) is 18.8. The van der Waals surface area contributed by atoms with Crippen LogP contribution in [0.5, 0.6) is 11.6 Å². The number of aromatic nitrogens is 2. The molecule has 7 heteroatoms. The summed E-state index contributed by atoms with van der Waals surface area (Å²) >= 11 is 1.42. The molecule has 1 N–H and O–H groups in total. The van der Waals surface area contributed by atoms with E-state index in [4.69, 9.17) is 4.74 Å². The minimum Gasteiger partial charge on any atom is -0.497 e. The molecule has 0 saturated carbocycles. The number of nitrogens with zero attached hydrogens (tertiary/aromatic N) is 4. The van der Waals surface area contributed by atoms with Crippen LogP contribution in [-0.2, 0) is 5.54 Å². The quantitative estimate of drug-likeness (QED) is 0.348. The van der Waals surface area contributed by atoms with E-state index in [2.05, 4.69) is 42.1 Å². The van der Waals surface area contributed by atoms with Crippen molar-refractivity contribution in [2.45, 2.75) is 38.6 Å². The van der Waals surface area contributed by atoms with Crippen LogP contribution in [0.3, 0.4) is 0 Å². The van der Waals surface area contributed by atoms with Crippen LogP contribution >= 0.6 is 11.3 Å². The maximum atomic E-state index is 11.1. The molecule has 0 saturated heterocycles. The highest BCUT2D eigenvalue weighted by Crippen LogP contribution is 2.50. The van der Waals surface area contributed by atoms with Gasteiger partial charge in [0.2, 0.25) is 11.0 Å². The van der Waals surface area contributed by atoms with Crippen LogP contribution in [-0.4, -0.2) is 21.8 Å². The summed E-state index contributed by atoms with van der Waals surface area (Å²) in [5.74, 6) is 1.35. The summed E-state index contributed by atoms with van der Waals surface area (Å²) in [5.41, 5.74) is 4.36. The summed E-state index contributed by atoms with van der Waals surface area (Å²) in [6.07, 6.45) is 0.953. The molecule has 5 rings (SSSR count). The number of methoxy groups -OCH3 is 1. The number of benzene rings is 2. The Hall–Kier alpha value is -3.19. The van der Waals surface area contributed by atoms with Crippen LogP contribution in [0.15, 0.2) is 58.1 Å². The normalized spacial score (nSPS) is 17.5. The molecule has 1 aliphatic rings. The van der Waals surface area contributed by atoms with Crippen LogP contribution in [0.1, 0.15) is 38.7 Å². The van der Waals surface area contributed by atoms with Crippen molar-refractivity contribution in [3.63, 3.8) is 0 Å². The fourth-order valence-corrected chi connectivity index (χ4v) is 5.33. The van der Waals surface area contributed by atoms with Crippen molar-refractivity contribution in [1.82, 2.24) is 9.55 Å². The number of ether oxygens (including phenoxy) is 1. The van der Waals surface area contributed by atoms with Crippen LogP contribution in [0.25, 0.3) is 22.2 Å². The Bertz CT molecular complexity index is 1320. The van der Waals surface area contributed by atoms with Gasteiger partial charge in [-0.25, -0.2) is 4.98 Å². The van der Waals surface area contributed by atoms with E-state index in [0.717, 1.165) is 34.3 Å². The monoisotopic (exact) mass is 432 g/mol. The first-order valence-corrected chi connectivity index (χ1v) is 11.2. The third-order valence-corrected chi connectivity index (χ3v) is 6.73. The molecule has 1 unspecified atom stereocenters. The molecule has 0 amide bonds. The highest BCUT2D eigenvalue weighted by atomic mass is 32.1. The van der Waals surface area contributed by atoms with Crippen molar-refractivity contribution in [2.24, 2.45) is 10.2 Å². The van der Waals surface area contributed by atoms with E-state index in [1.54, 1.807) is 7.11 Å². The minimum atomic E-state index is -0.204. The van der Waals surface area contributed by atoms with E-state index in [-0.39, 0.29) is 11.4 Å². The van der Waals surface area contributed by atoms with Crippen molar-refractivity contribution in [1.29, 1.82) is 0 Å². The summed E-state index contributed by atoms with van der Waals surface area (Å²) in [6.45, 7) is 6.54. The van der Waals surface area contributed by atoms with Gasteiger partial charge in [0.25, 0.3) is 0 Å². The number of para-hydroxylation sites is 1. The smallest absolute Gasteiger partial charge is 0.230 e. The Labute approximate surface area is 184 Å². The van der Waals surface area contributed by atoms with Gasteiger partial charge in [0.1, 0.15) is 5.75 Å². The second-order valence-corrected chi connectivity index (χ2v) is 9.45. The highest BCUT2D eigenvalue weighted by Gasteiger charge is 2.36. The SMILES string of the molecule is COc1cccc(-c2csc(N=Nc3c(O)n4c5c(cccc35)C(C)CC4(C)C)n2)c1. The molecule has 0 fully saturated rings. The van der Waals surface area contributed by atoms with Gasteiger partial charge in [-0.15, -0.1) is 21.6 Å². The molecule has 2 aromatic heterocycles. The first-order valence-electron chi connectivity index (χ1n) is 10.3. The third kappa shape index (κ3) is 3.20. The summed E-state index contributed by atoms with van der Waals surface area (Å²) in [6, 6.07) is 13.9. The second kappa shape index (κ2) is 7.20. The van der Waals surface area contributed by atoms with E-state index >= 15 is 0 Å². The Morgan fingerprint density at radius 1 is 1.19 bits per heavy atom. The van der Waals surface area contributed by atoms with Crippen molar-refractivity contribution in [2.75, 3.05) is 7.11 Å². The van der Waals surface area contributed by atoms with Gasteiger partial charge in [0, 0.05) is 21.9 Å². The Morgan fingerprint density at radius 3 is 2.81 bits per heavy atom. The van der Waals surface area contributed by atoms with Gasteiger partial charge in [0.05, 0.1) is 18.3 Å². The molecule has 0 spiro atoms. The van der Waals surface area contributed by atoms with E-state index in [9.17, 15) is 5.11 Å². The first-order chi connectivity index (χ1) is 14.9. The third-order valence-electron chi connectivity index (χ3n) is 6.00. The average Bonchev–Trinajstić information content (AvgIpc) is 3.33. The molecule has 1 atom stereocenters. The van der Waals surface area contributed by atoms with Gasteiger partial charge in [-0.3, -0.25) is 0 Å². The summed E-state index contributed by atoms with van der Waals surface area (Å²) in [4.78, 5) is 4.59. The van der Waals surface area contributed by atoms with Crippen LogP contribution in [0.2, 0.25) is 0 Å². The van der Waals surface area contributed by atoms with Crippen LogP contribution in [0, 0.1) is 0 Å². The largest absolute Gasteiger partial charge is 0.497 e. The molecule has 2 aromatic carbocycles. The first kappa shape index (κ1) is 19.8. The zero-order valence-electron chi connectivity index (χ0n) is 18.0. The van der Waals surface area contributed by atoms with Crippen molar-refractivity contribution >= 4 is 33.1 Å². The number of thiazole rings is 1. The molecule has 4 aromatic rings. The molecule has 6 nitrogen and oxygen atoms in total. The van der Waals surface area contributed by atoms with Crippen molar-refractivity contribution in [3.05, 3.63) is 53.4 Å². The number of rotatable bonds is 4. The maximum absolute atomic E-state index is 11.1. The summed E-state index contributed by atoms with van der Waals surface area (Å²) < 4.78 is 7.31. The highest BCUT2D eigenvalue weighted by molar-refractivity contribution is 7.13. The number of aromatic hydroxyl groups is 1. The molecule has 3 heterocycles. The van der Waals surface area contributed by atoms with E-state index in [1.807, 2.05) is 46.3 Å². The van der Waals surface area contributed by atoms with E-state index in [1.165, 1.54) is 16.9 Å². The van der Waals surface area contributed by atoms with Crippen molar-refractivity contribution < 1.29 is 9.84 Å². The second-order valence-electron chi connectivity index (χ2n) is 8.62. The fourth-order valence-electron chi connectivity index (χ4n) is 4.69. The molecule has 31 heavy (non-hydrogen) atoms. The maximum Gasteiger partial charge on any atom is 0.230 e. The molecule has 0 radical (unpaired) electrons. The van der Waals surface area contributed by atoms with Crippen molar-refractivity contribution in [3.8, 4) is 22.9 Å². The van der Waals surface area contributed by atoms with Crippen LogP contribution in [0.4, 0.5) is 10.8 Å². The lowest BCUT2D eigenvalue weighted by atomic mass is 9.82. The molecule has 0 bridgehead atoms. The van der Waals surface area contributed by atoms with Crippen LogP contribution < -0.4 is 4.74 Å². The van der Waals surface area contributed by atoms with Gasteiger partial charge in [-0.1, -0.05) is 37.3 Å². The molecular formula is C24H24N4O2S. The average molecular weight is 433 g/mol. The van der Waals surface area contributed by atoms with Gasteiger partial charge in [-0.05, 0) is 43.9 Å². The minimum absolute atomic E-state index is 0.160. The van der Waals surface area contributed by atoms with E-state index < -0.39 is 0 Å². The number of hydrogen-bond acceptors (Lipinski definition) is 6. The lowest BCUT2D eigenvalue weighted by molar-refractivity contribution is 0.267. The summed E-state index contributed by atoms with van der Waals surface area (Å²) in [5, 5.41) is 23.3. The van der Waals surface area contributed by atoms with E-state index in [0.29, 0.717) is 16.7 Å². The molecule has 0 aliphatic carbocycles. The summed E-state index contributed by atoms with van der Waals surface area (Å²) in [7, 11) is 1.65.